The lowest BCUT2D eigenvalue weighted by Gasteiger charge is -2.34. The van der Waals surface area contributed by atoms with E-state index >= 15 is 0 Å². The predicted octanol–water partition coefficient (Wildman–Crippen LogP) is 5.51. The second-order valence-corrected chi connectivity index (χ2v) is 9.33. The van der Waals surface area contributed by atoms with Crippen LogP contribution in [0.1, 0.15) is 25.4 Å². The number of halogens is 4. The third kappa shape index (κ3) is 5.79. The molecule has 2 unspecified atom stereocenters. The normalized spacial score (nSPS) is 18.8. The Morgan fingerprint density at radius 2 is 1.84 bits per heavy atom. The van der Waals surface area contributed by atoms with Gasteiger partial charge in [0.2, 0.25) is 0 Å². The van der Waals surface area contributed by atoms with Crippen LogP contribution in [0.2, 0.25) is 5.02 Å². The fourth-order valence-electron chi connectivity index (χ4n) is 4.34. The molecule has 5 rings (SSSR count). The first-order valence-electron chi connectivity index (χ1n) is 11.6. The van der Waals surface area contributed by atoms with E-state index in [-0.39, 0.29) is 12.2 Å². The van der Waals surface area contributed by atoms with Crippen molar-refractivity contribution in [1.29, 1.82) is 0 Å². The van der Waals surface area contributed by atoms with Crippen LogP contribution in [0.15, 0.2) is 48.9 Å². The summed E-state index contributed by atoms with van der Waals surface area (Å²) in [5, 5.41) is 3.54. The van der Waals surface area contributed by atoms with Gasteiger partial charge >= 0.3 is 6.18 Å². The molecule has 1 aliphatic rings. The fourth-order valence-corrected chi connectivity index (χ4v) is 4.57. The van der Waals surface area contributed by atoms with Gasteiger partial charge in [0, 0.05) is 31.0 Å². The maximum absolute atomic E-state index is 12.9. The van der Waals surface area contributed by atoms with Gasteiger partial charge in [-0.2, -0.15) is 13.2 Å². The smallest absolute Gasteiger partial charge is 0.373 e. The quantitative estimate of drug-likeness (QED) is 0.362. The molecule has 4 aromatic rings. The first-order valence-corrected chi connectivity index (χ1v) is 12.0. The molecule has 1 aliphatic heterocycles. The summed E-state index contributed by atoms with van der Waals surface area (Å²) in [5.41, 5.74) is 1.60. The van der Waals surface area contributed by atoms with Crippen molar-refractivity contribution in [2.24, 2.45) is 0 Å². The van der Waals surface area contributed by atoms with Crippen LogP contribution < -0.4 is 5.32 Å². The molecule has 0 saturated carbocycles. The molecule has 0 spiro atoms. The molecule has 0 aromatic carbocycles. The van der Waals surface area contributed by atoms with E-state index in [4.69, 9.17) is 21.3 Å². The predicted molar refractivity (Wildman–Crippen MR) is 133 cm³/mol. The maximum atomic E-state index is 12.9. The van der Waals surface area contributed by atoms with Crippen LogP contribution in [0.5, 0.6) is 0 Å². The molecule has 1 saturated heterocycles. The molecule has 1 N–H and O–H groups in total. The van der Waals surface area contributed by atoms with Crippen LogP contribution in [0.3, 0.4) is 0 Å². The van der Waals surface area contributed by atoms with E-state index in [2.05, 4.69) is 30.2 Å². The number of pyridine rings is 3. The van der Waals surface area contributed by atoms with Gasteiger partial charge in [0.1, 0.15) is 17.0 Å². The number of fused-ring (bicyclic) bond motifs is 1. The molecule has 2 atom stereocenters. The van der Waals surface area contributed by atoms with Crippen LogP contribution in [0.4, 0.5) is 24.7 Å². The van der Waals surface area contributed by atoms with Crippen molar-refractivity contribution < 1.29 is 17.9 Å². The van der Waals surface area contributed by atoms with Gasteiger partial charge in [0.25, 0.3) is 0 Å². The lowest BCUT2D eigenvalue weighted by molar-refractivity contribution is -0.141. The minimum Gasteiger partial charge on any atom is -0.373 e. The zero-order valence-electron chi connectivity index (χ0n) is 20.0. The van der Waals surface area contributed by atoms with E-state index in [9.17, 15) is 13.2 Å². The van der Waals surface area contributed by atoms with Gasteiger partial charge in [-0.25, -0.2) is 19.9 Å². The third-order valence-electron chi connectivity index (χ3n) is 5.79. The number of aromatic nitrogens is 5. The third-order valence-corrected chi connectivity index (χ3v) is 6.10. The minimum absolute atomic E-state index is 0.0691. The van der Waals surface area contributed by atoms with Crippen molar-refractivity contribution in [3.8, 4) is 11.3 Å². The Morgan fingerprint density at radius 1 is 1.05 bits per heavy atom. The van der Waals surface area contributed by atoms with Gasteiger partial charge in [0.15, 0.2) is 5.82 Å². The zero-order valence-corrected chi connectivity index (χ0v) is 20.8. The lowest BCUT2D eigenvalue weighted by Crippen LogP contribution is -2.45. The number of nitrogens with one attached hydrogen (secondary N) is 1. The zero-order chi connectivity index (χ0) is 26.2. The van der Waals surface area contributed by atoms with E-state index in [1.807, 2.05) is 19.9 Å². The second kappa shape index (κ2) is 10.2. The highest BCUT2D eigenvalue weighted by molar-refractivity contribution is 6.33. The highest BCUT2D eigenvalue weighted by Gasteiger charge is 2.32. The minimum atomic E-state index is -4.52. The van der Waals surface area contributed by atoms with Crippen LogP contribution in [0, 0.1) is 0 Å². The highest BCUT2D eigenvalue weighted by Crippen LogP contribution is 2.31. The van der Waals surface area contributed by atoms with Crippen molar-refractivity contribution in [1.82, 2.24) is 29.8 Å². The van der Waals surface area contributed by atoms with Crippen LogP contribution in [-0.2, 0) is 17.5 Å². The number of morpholine rings is 1. The van der Waals surface area contributed by atoms with Crippen LogP contribution >= 0.6 is 11.6 Å². The number of ether oxygens (including phenoxy) is 1. The van der Waals surface area contributed by atoms with Crippen molar-refractivity contribution in [3.63, 3.8) is 0 Å². The lowest BCUT2D eigenvalue weighted by atomic mass is 10.1. The van der Waals surface area contributed by atoms with Crippen LogP contribution in [0.25, 0.3) is 22.3 Å². The van der Waals surface area contributed by atoms with E-state index in [0.717, 1.165) is 25.4 Å². The largest absolute Gasteiger partial charge is 0.433 e. The Morgan fingerprint density at radius 3 is 2.51 bits per heavy atom. The van der Waals surface area contributed by atoms with Crippen molar-refractivity contribution in [2.75, 3.05) is 18.4 Å². The van der Waals surface area contributed by atoms with Gasteiger partial charge < -0.3 is 10.1 Å². The van der Waals surface area contributed by atoms with Gasteiger partial charge in [-0.3, -0.25) is 9.88 Å². The summed E-state index contributed by atoms with van der Waals surface area (Å²) in [7, 11) is 0. The number of alkyl halides is 3. The van der Waals surface area contributed by atoms with Gasteiger partial charge in [-0.05, 0) is 44.2 Å². The highest BCUT2D eigenvalue weighted by atomic mass is 35.5. The maximum Gasteiger partial charge on any atom is 0.433 e. The molecule has 1 fully saturated rings. The topological polar surface area (TPSA) is 89.0 Å². The first-order chi connectivity index (χ1) is 17.7. The number of rotatable bonds is 5. The Balaban J connectivity index is 1.54. The SMILES string of the molecule is CC1CN(Cc2nc(Nc3ccc(C(F)(F)F)nc3)c3ncc(-c4ncccc4Cl)cc3n2)CC(C)O1. The van der Waals surface area contributed by atoms with Crippen molar-refractivity contribution >= 4 is 34.1 Å². The Bertz CT molecular complexity index is 1410. The van der Waals surface area contributed by atoms with E-state index in [1.54, 1.807) is 24.5 Å². The van der Waals surface area contributed by atoms with Crippen molar-refractivity contribution in [3.05, 3.63) is 65.5 Å². The summed E-state index contributed by atoms with van der Waals surface area (Å²) >= 11 is 6.34. The first kappa shape index (κ1) is 25.2. The number of anilines is 2. The molecular formula is C25H23ClF3N7O. The fraction of sp³-hybridized carbons (Fsp3) is 0.320. The monoisotopic (exact) mass is 529 g/mol. The Labute approximate surface area is 215 Å². The molecule has 12 heteroatoms. The molecule has 8 nitrogen and oxygen atoms in total. The van der Waals surface area contributed by atoms with Gasteiger partial charge in [-0.1, -0.05) is 11.6 Å². The summed E-state index contributed by atoms with van der Waals surface area (Å²) in [5.74, 6) is 0.886. The number of hydrogen-bond donors (Lipinski definition) is 1. The van der Waals surface area contributed by atoms with Crippen molar-refractivity contribution in [2.45, 2.75) is 38.8 Å². The van der Waals surface area contributed by atoms with E-state index in [0.29, 0.717) is 51.2 Å². The van der Waals surface area contributed by atoms with E-state index < -0.39 is 11.9 Å². The molecule has 192 valence electrons. The summed E-state index contributed by atoms with van der Waals surface area (Å²) < 4.78 is 44.7. The average Bonchev–Trinajstić information content (AvgIpc) is 2.83. The number of hydrogen-bond acceptors (Lipinski definition) is 8. The molecule has 0 radical (unpaired) electrons. The summed E-state index contributed by atoms with van der Waals surface area (Å²) in [4.78, 5) is 24.1. The number of nitrogens with zero attached hydrogens (tertiary/aromatic N) is 6. The van der Waals surface area contributed by atoms with Gasteiger partial charge in [-0.15, -0.1) is 0 Å². The standard InChI is InChI=1S/C25H23ClF3N7O/c1-14-11-36(12-15(2)37-14)13-21-34-19-8-16(22-18(26)4-3-7-30-22)9-32-23(19)24(35-21)33-17-5-6-20(31-10-17)25(27,28)29/h3-10,14-15H,11-13H2,1-2H3,(H,33,34,35). The molecule has 37 heavy (non-hydrogen) atoms. The molecule has 0 bridgehead atoms. The summed E-state index contributed by atoms with van der Waals surface area (Å²) in [6, 6.07) is 7.52. The molecule has 4 aromatic heterocycles. The average molecular weight is 530 g/mol. The molecule has 0 amide bonds. The second-order valence-electron chi connectivity index (χ2n) is 8.92. The summed E-state index contributed by atoms with van der Waals surface area (Å²) in [6.45, 7) is 5.93. The Kier molecular flexibility index (Phi) is 6.93. The molecular weight excluding hydrogens is 507 g/mol. The van der Waals surface area contributed by atoms with E-state index in [1.165, 1.54) is 6.07 Å². The van der Waals surface area contributed by atoms with Gasteiger partial charge in [0.05, 0.1) is 46.9 Å². The van der Waals surface area contributed by atoms with Crippen LogP contribution in [-0.4, -0.2) is 55.1 Å². The molecule has 5 heterocycles. The molecule has 0 aliphatic carbocycles. The Hall–Kier alpha value is -3.41. The summed E-state index contributed by atoms with van der Waals surface area (Å²) in [6.07, 6.45) is -0.0171.